The van der Waals surface area contributed by atoms with Gasteiger partial charge in [-0.05, 0) is 12.1 Å². The molecule has 0 unspecified atom stereocenters. The zero-order valence-electron chi connectivity index (χ0n) is 9.85. The monoisotopic (exact) mass is 203 g/mol. The van der Waals surface area contributed by atoms with E-state index in [0.29, 0.717) is 0 Å². The third-order valence-electron chi connectivity index (χ3n) is 2.38. The molecule has 0 atom stereocenters. The van der Waals surface area contributed by atoms with E-state index >= 15 is 0 Å². The summed E-state index contributed by atoms with van der Waals surface area (Å²) in [6, 6.07) is 21.7. The first-order valence-electron chi connectivity index (χ1n) is 5.08. The first kappa shape index (κ1) is 12.9. The van der Waals surface area contributed by atoms with Gasteiger partial charge in [0.1, 0.15) is 0 Å². The van der Waals surface area contributed by atoms with Crippen LogP contribution < -0.4 is 23.8 Å². The third kappa shape index (κ3) is 3.45. The number of para-hydroxylation sites is 1. The van der Waals surface area contributed by atoms with Crippen LogP contribution in [0, 0.1) is 6.07 Å². The number of anilines is 1. The molecule has 0 fully saturated rings. The van der Waals surface area contributed by atoms with Crippen LogP contribution in [-0.2, 0) is 6.54 Å². The average molecular weight is 203 g/mol. The van der Waals surface area contributed by atoms with Crippen molar-refractivity contribution in [1.29, 1.82) is 0 Å². The van der Waals surface area contributed by atoms with Crippen molar-refractivity contribution in [2.24, 2.45) is 0 Å². The number of nitrogens with zero attached hydrogens (tertiary/aromatic N) is 1. The standard InChI is InChI=1S/C14H14N.Li/c1-15(14-10-6-3-7-11-14)12-13-8-4-2-5-9-13;/h2-8,10-11H,12H2,1H3;/q-1;+1. The van der Waals surface area contributed by atoms with Crippen LogP contribution in [0.3, 0.4) is 0 Å². The van der Waals surface area contributed by atoms with Crippen molar-refractivity contribution < 1.29 is 18.9 Å². The van der Waals surface area contributed by atoms with E-state index < -0.39 is 0 Å². The second kappa shape index (κ2) is 6.43. The summed E-state index contributed by atoms with van der Waals surface area (Å²) < 4.78 is 0. The van der Waals surface area contributed by atoms with Crippen LogP contribution in [0.25, 0.3) is 0 Å². The molecule has 0 saturated heterocycles. The maximum atomic E-state index is 3.23. The van der Waals surface area contributed by atoms with Crippen LogP contribution in [0.15, 0.2) is 54.6 Å². The predicted molar refractivity (Wildman–Crippen MR) is 63.8 cm³/mol. The van der Waals surface area contributed by atoms with Crippen molar-refractivity contribution in [3.05, 3.63) is 66.2 Å². The molecular formula is C14H14LiN. The Morgan fingerprint density at radius 1 is 1.00 bits per heavy atom. The maximum Gasteiger partial charge on any atom is 1.00 e. The molecule has 76 valence electrons. The van der Waals surface area contributed by atoms with E-state index in [1.807, 2.05) is 24.3 Å². The molecule has 0 spiro atoms. The van der Waals surface area contributed by atoms with Gasteiger partial charge in [-0.25, -0.2) is 0 Å². The Labute approximate surface area is 109 Å². The van der Waals surface area contributed by atoms with E-state index in [1.165, 1.54) is 11.3 Å². The second-order valence-corrected chi connectivity index (χ2v) is 3.58. The van der Waals surface area contributed by atoms with Crippen LogP contribution in [0.2, 0.25) is 0 Å². The molecule has 2 rings (SSSR count). The molecule has 0 saturated carbocycles. The SMILES string of the molecule is CN(Cc1[c-]cccc1)c1ccccc1.[Li+]. The molecule has 0 aliphatic rings. The van der Waals surface area contributed by atoms with E-state index in [9.17, 15) is 0 Å². The summed E-state index contributed by atoms with van der Waals surface area (Å²) in [5, 5.41) is 0. The predicted octanol–water partition coefficient (Wildman–Crippen LogP) is 0.127. The minimum atomic E-state index is 0. The van der Waals surface area contributed by atoms with Crippen LogP contribution in [0.4, 0.5) is 5.69 Å². The van der Waals surface area contributed by atoms with Gasteiger partial charge in [-0.15, -0.1) is 5.56 Å². The molecule has 2 aromatic rings. The summed E-state index contributed by atoms with van der Waals surface area (Å²) in [7, 11) is 2.09. The van der Waals surface area contributed by atoms with Gasteiger partial charge in [0.15, 0.2) is 0 Å². The Kier molecular flexibility index (Phi) is 5.18. The van der Waals surface area contributed by atoms with Crippen LogP contribution in [0.5, 0.6) is 0 Å². The molecule has 0 aliphatic heterocycles. The molecule has 2 heteroatoms. The first-order chi connectivity index (χ1) is 7.36. The molecule has 0 bridgehead atoms. The molecule has 0 radical (unpaired) electrons. The number of rotatable bonds is 3. The molecule has 0 N–H and O–H groups in total. The Balaban J connectivity index is 0.00000128. The van der Waals surface area contributed by atoms with Crippen molar-refractivity contribution in [3.8, 4) is 0 Å². The largest absolute Gasteiger partial charge is 1.00 e. The van der Waals surface area contributed by atoms with Gasteiger partial charge >= 0.3 is 18.9 Å². The van der Waals surface area contributed by atoms with Gasteiger partial charge in [0.25, 0.3) is 0 Å². The van der Waals surface area contributed by atoms with Gasteiger partial charge in [0, 0.05) is 19.3 Å². The van der Waals surface area contributed by atoms with Crippen LogP contribution >= 0.6 is 0 Å². The Hall–Kier alpha value is -1.16. The summed E-state index contributed by atoms with van der Waals surface area (Å²) in [6.07, 6.45) is 0. The minimum absolute atomic E-state index is 0. The van der Waals surface area contributed by atoms with Crippen LogP contribution in [0.1, 0.15) is 5.56 Å². The third-order valence-corrected chi connectivity index (χ3v) is 2.38. The number of hydrogen-bond acceptors (Lipinski definition) is 1. The summed E-state index contributed by atoms with van der Waals surface area (Å²) in [5.74, 6) is 0. The average Bonchev–Trinajstić information content (AvgIpc) is 2.31. The molecule has 16 heavy (non-hydrogen) atoms. The maximum absolute atomic E-state index is 3.23. The molecule has 0 heterocycles. The molecule has 2 aromatic carbocycles. The zero-order chi connectivity index (χ0) is 10.5. The molecular weight excluding hydrogens is 189 g/mol. The molecule has 0 aromatic heterocycles. The molecule has 0 amide bonds. The van der Waals surface area contributed by atoms with E-state index in [1.54, 1.807) is 0 Å². The van der Waals surface area contributed by atoms with Crippen molar-refractivity contribution >= 4 is 5.69 Å². The minimum Gasteiger partial charge on any atom is -0.372 e. The smallest absolute Gasteiger partial charge is 0.372 e. The first-order valence-corrected chi connectivity index (χ1v) is 5.08. The second-order valence-electron chi connectivity index (χ2n) is 3.58. The number of hydrogen-bond donors (Lipinski definition) is 0. The van der Waals surface area contributed by atoms with E-state index in [2.05, 4.69) is 48.3 Å². The van der Waals surface area contributed by atoms with E-state index in [-0.39, 0.29) is 18.9 Å². The van der Waals surface area contributed by atoms with Gasteiger partial charge in [-0.3, -0.25) is 0 Å². The van der Waals surface area contributed by atoms with Crippen LogP contribution in [-0.4, -0.2) is 7.05 Å². The fourth-order valence-electron chi connectivity index (χ4n) is 1.56. The summed E-state index contributed by atoms with van der Waals surface area (Å²) in [4.78, 5) is 2.21. The van der Waals surface area contributed by atoms with Gasteiger partial charge in [0.2, 0.25) is 0 Å². The van der Waals surface area contributed by atoms with Gasteiger partial charge in [-0.1, -0.05) is 18.2 Å². The summed E-state index contributed by atoms with van der Waals surface area (Å²) in [6.45, 7) is 0.894. The van der Waals surface area contributed by atoms with Crippen molar-refractivity contribution in [1.82, 2.24) is 0 Å². The Morgan fingerprint density at radius 2 is 1.69 bits per heavy atom. The van der Waals surface area contributed by atoms with Gasteiger partial charge in [0.05, 0.1) is 0 Å². The number of benzene rings is 2. The zero-order valence-corrected chi connectivity index (χ0v) is 9.85. The van der Waals surface area contributed by atoms with Gasteiger partial charge in [-0.2, -0.15) is 30.3 Å². The quantitative estimate of drug-likeness (QED) is 0.506. The Morgan fingerprint density at radius 3 is 2.31 bits per heavy atom. The van der Waals surface area contributed by atoms with E-state index in [0.717, 1.165) is 6.54 Å². The van der Waals surface area contributed by atoms with Crippen molar-refractivity contribution in [2.45, 2.75) is 6.54 Å². The fraction of sp³-hybridized carbons (Fsp3) is 0.143. The fourth-order valence-corrected chi connectivity index (χ4v) is 1.56. The molecule has 0 aliphatic carbocycles. The molecule has 1 nitrogen and oxygen atoms in total. The topological polar surface area (TPSA) is 3.24 Å². The van der Waals surface area contributed by atoms with E-state index in [4.69, 9.17) is 0 Å². The summed E-state index contributed by atoms with van der Waals surface area (Å²) >= 11 is 0. The van der Waals surface area contributed by atoms with Crippen molar-refractivity contribution in [3.63, 3.8) is 0 Å². The Bertz CT molecular complexity index is 400. The summed E-state index contributed by atoms with van der Waals surface area (Å²) in [5.41, 5.74) is 2.44. The normalized spacial score (nSPS) is 9.31. The van der Waals surface area contributed by atoms with Crippen molar-refractivity contribution in [2.75, 3.05) is 11.9 Å². The van der Waals surface area contributed by atoms with Gasteiger partial charge < -0.3 is 4.90 Å².